The lowest BCUT2D eigenvalue weighted by molar-refractivity contribution is -0.384. The van der Waals surface area contributed by atoms with E-state index in [-0.39, 0.29) is 5.69 Å². The van der Waals surface area contributed by atoms with Crippen molar-refractivity contribution in [2.24, 2.45) is 0 Å². The van der Waals surface area contributed by atoms with Gasteiger partial charge >= 0.3 is 0 Å². The Morgan fingerprint density at radius 2 is 2.41 bits per heavy atom. The van der Waals surface area contributed by atoms with E-state index in [9.17, 15) is 10.1 Å². The average molecular weight is 228 g/mol. The van der Waals surface area contributed by atoms with Gasteiger partial charge in [0.05, 0.1) is 28.6 Å². The van der Waals surface area contributed by atoms with Crippen molar-refractivity contribution in [2.45, 2.75) is 6.42 Å². The molecule has 84 valence electrons. The number of nitro benzene ring substituents is 1. The first-order chi connectivity index (χ1) is 8.22. The zero-order valence-corrected chi connectivity index (χ0v) is 8.75. The number of nitrogens with one attached hydrogen (secondary N) is 1. The molecule has 0 fully saturated rings. The molecule has 0 atom stereocenters. The van der Waals surface area contributed by atoms with Gasteiger partial charge in [0, 0.05) is 17.5 Å². The maximum Gasteiger partial charge on any atom is 0.271 e. The Hall–Kier alpha value is -2.68. The van der Waals surface area contributed by atoms with E-state index >= 15 is 0 Å². The molecule has 1 aromatic heterocycles. The van der Waals surface area contributed by atoms with Crippen LogP contribution in [0.1, 0.15) is 12.1 Å². The maximum absolute atomic E-state index is 10.6. The van der Waals surface area contributed by atoms with Crippen LogP contribution < -0.4 is 0 Å². The number of nitrogens with zero attached hydrogens (tertiary/aromatic N) is 3. The second-order valence-corrected chi connectivity index (χ2v) is 3.36. The molecule has 2 rings (SSSR count). The van der Waals surface area contributed by atoms with E-state index in [0.717, 1.165) is 5.39 Å². The van der Waals surface area contributed by atoms with Crippen molar-refractivity contribution in [3.8, 4) is 6.07 Å². The van der Waals surface area contributed by atoms with Gasteiger partial charge in [-0.25, -0.2) is 0 Å². The Kier molecular flexibility index (Phi) is 2.83. The number of non-ortho nitro benzene ring substituents is 1. The summed E-state index contributed by atoms with van der Waals surface area (Å²) in [5.74, 6) is 0. The van der Waals surface area contributed by atoms with Crippen LogP contribution in [0.25, 0.3) is 17.0 Å². The predicted molar refractivity (Wildman–Crippen MR) is 62.0 cm³/mol. The molecule has 0 unspecified atom stereocenters. The number of nitriles is 1. The number of hydrogen-bond donors (Lipinski definition) is 1. The molecule has 0 aliphatic rings. The highest BCUT2D eigenvalue weighted by Crippen LogP contribution is 2.22. The van der Waals surface area contributed by atoms with Crippen LogP contribution in [0.15, 0.2) is 24.3 Å². The molecule has 0 spiro atoms. The van der Waals surface area contributed by atoms with Crippen molar-refractivity contribution in [3.05, 3.63) is 40.1 Å². The number of aromatic nitrogens is 2. The van der Waals surface area contributed by atoms with Gasteiger partial charge in [0.1, 0.15) is 0 Å². The Morgan fingerprint density at radius 1 is 1.59 bits per heavy atom. The molecular weight excluding hydrogens is 220 g/mol. The van der Waals surface area contributed by atoms with Crippen molar-refractivity contribution >= 4 is 22.7 Å². The summed E-state index contributed by atoms with van der Waals surface area (Å²) in [6.45, 7) is 0. The van der Waals surface area contributed by atoms with Crippen LogP contribution in [-0.4, -0.2) is 15.1 Å². The van der Waals surface area contributed by atoms with Gasteiger partial charge in [0.25, 0.3) is 5.69 Å². The third-order valence-electron chi connectivity index (χ3n) is 2.27. The third kappa shape index (κ3) is 2.13. The van der Waals surface area contributed by atoms with E-state index in [1.54, 1.807) is 18.2 Å². The van der Waals surface area contributed by atoms with Crippen molar-refractivity contribution < 1.29 is 4.92 Å². The second kappa shape index (κ2) is 4.45. The molecule has 6 nitrogen and oxygen atoms in total. The molecule has 17 heavy (non-hydrogen) atoms. The summed E-state index contributed by atoms with van der Waals surface area (Å²) < 4.78 is 0. The van der Waals surface area contributed by atoms with Crippen molar-refractivity contribution in [3.63, 3.8) is 0 Å². The number of rotatable bonds is 3. The lowest BCUT2D eigenvalue weighted by atomic mass is 10.2. The highest BCUT2D eigenvalue weighted by atomic mass is 16.6. The SMILES string of the molecule is N#CCC=Cc1n[nH]c2cc([N+](=O)[O-])ccc12. The van der Waals surface area contributed by atoms with Gasteiger partial charge in [-0.15, -0.1) is 0 Å². The fraction of sp³-hybridized carbons (Fsp3) is 0.0909. The van der Waals surface area contributed by atoms with Gasteiger partial charge in [-0.3, -0.25) is 15.2 Å². The minimum Gasteiger partial charge on any atom is -0.277 e. The van der Waals surface area contributed by atoms with Crippen LogP contribution in [0.3, 0.4) is 0 Å². The number of benzene rings is 1. The molecule has 2 aromatic rings. The number of allylic oxidation sites excluding steroid dienone is 1. The lowest BCUT2D eigenvalue weighted by Gasteiger charge is -1.91. The number of fused-ring (bicyclic) bond motifs is 1. The Labute approximate surface area is 96.3 Å². The van der Waals surface area contributed by atoms with Gasteiger partial charge in [-0.1, -0.05) is 6.08 Å². The minimum atomic E-state index is -0.453. The average Bonchev–Trinajstić information content (AvgIpc) is 2.72. The fourth-order valence-corrected chi connectivity index (χ4v) is 1.49. The number of H-pyrrole nitrogens is 1. The van der Waals surface area contributed by atoms with E-state index < -0.39 is 4.92 Å². The van der Waals surface area contributed by atoms with Crippen LogP contribution in [0.2, 0.25) is 0 Å². The number of hydrogen-bond acceptors (Lipinski definition) is 4. The Bertz CT molecular complexity index is 636. The number of aromatic amines is 1. The third-order valence-corrected chi connectivity index (χ3v) is 2.27. The molecule has 1 aromatic carbocycles. The predicted octanol–water partition coefficient (Wildman–Crippen LogP) is 2.40. The fourth-order valence-electron chi connectivity index (χ4n) is 1.49. The van der Waals surface area contributed by atoms with Gasteiger partial charge in [-0.2, -0.15) is 10.4 Å². The summed E-state index contributed by atoms with van der Waals surface area (Å²) in [6, 6.07) is 6.49. The van der Waals surface area contributed by atoms with E-state index in [0.29, 0.717) is 17.6 Å². The van der Waals surface area contributed by atoms with Gasteiger partial charge in [0.15, 0.2) is 0 Å². The lowest BCUT2D eigenvalue weighted by Crippen LogP contribution is -1.86. The summed E-state index contributed by atoms with van der Waals surface area (Å²) in [4.78, 5) is 10.1. The summed E-state index contributed by atoms with van der Waals surface area (Å²) in [5.41, 5.74) is 1.30. The van der Waals surface area contributed by atoms with E-state index in [1.165, 1.54) is 12.1 Å². The normalized spacial score (nSPS) is 10.8. The Balaban J connectivity index is 2.42. The highest BCUT2D eigenvalue weighted by Gasteiger charge is 2.09. The molecule has 0 bridgehead atoms. The monoisotopic (exact) mass is 228 g/mol. The van der Waals surface area contributed by atoms with Crippen LogP contribution in [0.4, 0.5) is 5.69 Å². The summed E-state index contributed by atoms with van der Waals surface area (Å²) in [7, 11) is 0. The first-order valence-electron chi connectivity index (χ1n) is 4.88. The molecule has 0 aliphatic heterocycles. The van der Waals surface area contributed by atoms with Gasteiger partial charge < -0.3 is 0 Å². The van der Waals surface area contributed by atoms with Crippen molar-refractivity contribution in [1.29, 1.82) is 5.26 Å². The topological polar surface area (TPSA) is 95.6 Å². The highest BCUT2D eigenvalue weighted by molar-refractivity contribution is 5.88. The molecule has 0 saturated carbocycles. The van der Waals surface area contributed by atoms with E-state index in [1.807, 2.05) is 6.07 Å². The molecule has 0 radical (unpaired) electrons. The smallest absolute Gasteiger partial charge is 0.271 e. The maximum atomic E-state index is 10.6. The van der Waals surface area contributed by atoms with Crippen LogP contribution >= 0.6 is 0 Å². The molecule has 0 aliphatic carbocycles. The van der Waals surface area contributed by atoms with Crippen molar-refractivity contribution in [2.75, 3.05) is 0 Å². The minimum absolute atomic E-state index is 0.0219. The molecule has 1 N–H and O–H groups in total. The largest absolute Gasteiger partial charge is 0.277 e. The van der Waals surface area contributed by atoms with Crippen LogP contribution in [0.5, 0.6) is 0 Å². The summed E-state index contributed by atoms with van der Waals surface area (Å²) in [6.07, 6.45) is 3.71. The van der Waals surface area contributed by atoms with Crippen molar-refractivity contribution in [1.82, 2.24) is 10.2 Å². The molecule has 0 saturated heterocycles. The van der Waals surface area contributed by atoms with Gasteiger partial charge in [-0.05, 0) is 12.1 Å². The van der Waals surface area contributed by atoms with Crippen LogP contribution in [0, 0.1) is 21.4 Å². The zero-order chi connectivity index (χ0) is 12.3. The second-order valence-electron chi connectivity index (χ2n) is 3.36. The first kappa shape index (κ1) is 10.8. The number of nitro groups is 1. The first-order valence-corrected chi connectivity index (χ1v) is 4.88. The van der Waals surface area contributed by atoms with E-state index in [4.69, 9.17) is 5.26 Å². The molecule has 1 heterocycles. The quantitative estimate of drug-likeness (QED) is 0.644. The molecule has 0 amide bonds. The molecular formula is C11H8N4O2. The standard InChI is InChI=1S/C11H8N4O2/c12-6-2-1-3-10-9-5-4-8(15(16)17)7-11(9)14-13-10/h1,3-5,7H,2H2,(H,13,14). The Morgan fingerprint density at radius 3 is 3.12 bits per heavy atom. The summed E-state index contributed by atoms with van der Waals surface area (Å²) in [5, 5.41) is 26.5. The zero-order valence-electron chi connectivity index (χ0n) is 8.75. The van der Waals surface area contributed by atoms with Crippen LogP contribution in [-0.2, 0) is 0 Å². The van der Waals surface area contributed by atoms with Gasteiger partial charge in [0.2, 0.25) is 0 Å². The van der Waals surface area contributed by atoms with E-state index in [2.05, 4.69) is 10.2 Å². The molecule has 6 heteroatoms. The summed E-state index contributed by atoms with van der Waals surface area (Å²) >= 11 is 0.